The van der Waals surface area contributed by atoms with Gasteiger partial charge in [-0.1, -0.05) is 20.8 Å². The summed E-state index contributed by atoms with van der Waals surface area (Å²) in [6.45, 7) is 11.6. The highest BCUT2D eigenvalue weighted by atomic mass is 15.0. The van der Waals surface area contributed by atoms with E-state index in [0.717, 1.165) is 6.54 Å². The molecule has 0 aromatic heterocycles. The van der Waals surface area contributed by atoms with Crippen LogP contribution in [0.1, 0.15) is 47.0 Å². The molecule has 1 aliphatic rings. The fourth-order valence-electron chi connectivity index (χ4n) is 2.08. The Morgan fingerprint density at radius 2 is 2.21 bits per heavy atom. The van der Waals surface area contributed by atoms with Crippen molar-refractivity contribution in [3.05, 3.63) is 0 Å². The molecule has 2 nitrogen and oxygen atoms in total. The number of rotatable bonds is 4. The molecule has 1 saturated heterocycles. The van der Waals surface area contributed by atoms with Gasteiger partial charge in [0, 0.05) is 18.6 Å². The van der Waals surface area contributed by atoms with Gasteiger partial charge in [-0.15, -0.1) is 0 Å². The van der Waals surface area contributed by atoms with Crippen molar-refractivity contribution in [1.82, 2.24) is 10.6 Å². The van der Waals surface area contributed by atoms with Gasteiger partial charge in [0.2, 0.25) is 0 Å². The Hall–Kier alpha value is -0.0800. The lowest BCUT2D eigenvalue weighted by Crippen LogP contribution is -2.53. The summed E-state index contributed by atoms with van der Waals surface area (Å²) < 4.78 is 0. The number of hydrogen-bond acceptors (Lipinski definition) is 2. The van der Waals surface area contributed by atoms with Gasteiger partial charge in [0.1, 0.15) is 0 Å². The smallest absolute Gasteiger partial charge is 0.0243 e. The van der Waals surface area contributed by atoms with Crippen molar-refractivity contribution in [3.8, 4) is 0 Å². The van der Waals surface area contributed by atoms with Crippen molar-refractivity contribution in [2.75, 3.05) is 13.1 Å². The molecule has 0 aliphatic carbocycles. The Kier molecular flexibility index (Phi) is 4.39. The largest absolute Gasteiger partial charge is 0.313 e. The third-order valence-corrected chi connectivity index (χ3v) is 3.61. The molecule has 0 aromatic rings. The highest BCUT2D eigenvalue weighted by Crippen LogP contribution is 2.29. The van der Waals surface area contributed by atoms with Crippen LogP contribution in [0, 0.1) is 5.41 Å². The van der Waals surface area contributed by atoms with Gasteiger partial charge in [-0.2, -0.15) is 0 Å². The lowest BCUT2D eigenvalue weighted by molar-refractivity contribution is 0.173. The first kappa shape index (κ1) is 12.0. The zero-order valence-corrected chi connectivity index (χ0v) is 10.2. The lowest BCUT2D eigenvalue weighted by Gasteiger charge is -2.40. The molecule has 1 rings (SSSR count). The van der Waals surface area contributed by atoms with Crippen LogP contribution in [0.25, 0.3) is 0 Å². The van der Waals surface area contributed by atoms with Gasteiger partial charge in [-0.3, -0.25) is 0 Å². The topological polar surface area (TPSA) is 24.1 Å². The SMILES string of the molecule is CCC(C)NCC1NCCCC1(C)C. The summed E-state index contributed by atoms with van der Waals surface area (Å²) in [5.41, 5.74) is 0.457. The monoisotopic (exact) mass is 198 g/mol. The van der Waals surface area contributed by atoms with Gasteiger partial charge in [-0.25, -0.2) is 0 Å². The van der Waals surface area contributed by atoms with Crippen molar-refractivity contribution < 1.29 is 0 Å². The average molecular weight is 198 g/mol. The number of hydrogen-bond donors (Lipinski definition) is 2. The van der Waals surface area contributed by atoms with E-state index in [2.05, 4.69) is 38.3 Å². The highest BCUT2D eigenvalue weighted by molar-refractivity contribution is 4.89. The minimum Gasteiger partial charge on any atom is -0.313 e. The van der Waals surface area contributed by atoms with Gasteiger partial charge in [0.25, 0.3) is 0 Å². The Morgan fingerprint density at radius 3 is 2.79 bits per heavy atom. The summed E-state index contributed by atoms with van der Waals surface area (Å²) >= 11 is 0. The van der Waals surface area contributed by atoms with Crippen LogP contribution in [0.15, 0.2) is 0 Å². The van der Waals surface area contributed by atoms with Crippen molar-refractivity contribution in [3.63, 3.8) is 0 Å². The molecule has 2 heteroatoms. The third-order valence-electron chi connectivity index (χ3n) is 3.61. The first-order chi connectivity index (χ1) is 6.56. The van der Waals surface area contributed by atoms with Crippen molar-refractivity contribution in [1.29, 1.82) is 0 Å². The molecule has 2 atom stereocenters. The number of piperidine rings is 1. The first-order valence-electron chi connectivity index (χ1n) is 6.03. The van der Waals surface area contributed by atoms with E-state index in [4.69, 9.17) is 0 Å². The first-order valence-corrected chi connectivity index (χ1v) is 6.03. The molecule has 0 saturated carbocycles. The zero-order chi connectivity index (χ0) is 10.6. The van der Waals surface area contributed by atoms with Gasteiger partial charge >= 0.3 is 0 Å². The van der Waals surface area contributed by atoms with Crippen LogP contribution in [0.5, 0.6) is 0 Å². The Morgan fingerprint density at radius 1 is 1.50 bits per heavy atom. The van der Waals surface area contributed by atoms with Crippen molar-refractivity contribution >= 4 is 0 Å². The summed E-state index contributed by atoms with van der Waals surface area (Å²) in [6.07, 6.45) is 3.90. The summed E-state index contributed by atoms with van der Waals surface area (Å²) in [4.78, 5) is 0. The van der Waals surface area contributed by atoms with Gasteiger partial charge in [0.05, 0.1) is 0 Å². The van der Waals surface area contributed by atoms with E-state index >= 15 is 0 Å². The second-order valence-corrected chi connectivity index (χ2v) is 5.32. The average Bonchev–Trinajstić information content (AvgIpc) is 2.15. The molecule has 0 bridgehead atoms. The van der Waals surface area contributed by atoms with E-state index in [9.17, 15) is 0 Å². The predicted octanol–water partition coefficient (Wildman–Crippen LogP) is 2.15. The molecule has 0 spiro atoms. The van der Waals surface area contributed by atoms with Crippen LogP contribution in [-0.4, -0.2) is 25.2 Å². The van der Waals surface area contributed by atoms with Crippen LogP contribution in [0.2, 0.25) is 0 Å². The molecule has 0 aromatic carbocycles. The van der Waals surface area contributed by atoms with Crippen LogP contribution in [0.3, 0.4) is 0 Å². The summed E-state index contributed by atoms with van der Waals surface area (Å²) in [6, 6.07) is 1.29. The van der Waals surface area contributed by atoms with E-state index in [-0.39, 0.29) is 0 Å². The van der Waals surface area contributed by atoms with Gasteiger partial charge in [-0.05, 0) is 38.1 Å². The Bertz CT molecular complexity index is 166. The standard InChI is InChI=1S/C12H26N2/c1-5-10(2)14-9-11-12(3,4)7-6-8-13-11/h10-11,13-14H,5-9H2,1-4H3. The molecule has 1 fully saturated rings. The lowest BCUT2D eigenvalue weighted by atomic mass is 9.77. The Balaban J connectivity index is 2.34. The molecule has 2 unspecified atom stereocenters. The third kappa shape index (κ3) is 3.25. The van der Waals surface area contributed by atoms with Gasteiger partial charge < -0.3 is 10.6 Å². The molecule has 2 N–H and O–H groups in total. The molecule has 84 valence electrons. The second kappa shape index (κ2) is 5.13. The van der Waals surface area contributed by atoms with Crippen molar-refractivity contribution in [2.24, 2.45) is 5.41 Å². The number of nitrogens with one attached hydrogen (secondary N) is 2. The molecule has 0 amide bonds. The molecule has 0 radical (unpaired) electrons. The van der Waals surface area contributed by atoms with E-state index < -0.39 is 0 Å². The fraction of sp³-hybridized carbons (Fsp3) is 1.00. The molecular formula is C12H26N2. The molecule has 14 heavy (non-hydrogen) atoms. The van der Waals surface area contributed by atoms with E-state index in [1.165, 1.54) is 25.8 Å². The quantitative estimate of drug-likeness (QED) is 0.723. The molecule has 1 heterocycles. The zero-order valence-electron chi connectivity index (χ0n) is 10.2. The van der Waals surface area contributed by atoms with E-state index in [0.29, 0.717) is 17.5 Å². The maximum absolute atomic E-state index is 3.63. The maximum atomic E-state index is 3.63. The minimum atomic E-state index is 0.457. The van der Waals surface area contributed by atoms with Crippen molar-refractivity contribution in [2.45, 2.75) is 59.0 Å². The van der Waals surface area contributed by atoms with E-state index in [1.54, 1.807) is 0 Å². The Labute approximate surface area is 88.8 Å². The predicted molar refractivity (Wildman–Crippen MR) is 62.6 cm³/mol. The maximum Gasteiger partial charge on any atom is 0.0243 e. The second-order valence-electron chi connectivity index (χ2n) is 5.32. The molecular weight excluding hydrogens is 172 g/mol. The highest BCUT2D eigenvalue weighted by Gasteiger charge is 2.31. The summed E-state index contributed by atoms with van der Waals surface area (Å²) in [5, 5.41) is 7.22. The molecule has 1 aliphatic heterocycles. The van der Waals surface area contributed by atoms with Gasteiger partial charge in [0.15, 0.2) is 0 Å². The van der Waals surface area contributed by atoms with E-state index in [1.807, 2.05) is 0 Å². The van der Waals surface area contributed by atoms with Crippen LogP contribution in [-0.2, 0) is 0 Å². The minimum absolute atomic E-state index is 0.457. The normalized spacial score (nSPS) is 28.7. The van der Waals surface area contributed by atoms with Crippen LogP contribution in [0.4, 0.5) is 0 Å². The van der Waals surface area contributed by atoms with Crippen LogP contribution < -0.4 is 10.6 Å². The van der Waals surface area contributed by atoms with Crippen LogP contribution >= 0.6 is 0 Å². The fourth-order valence-corrected chi connectivity index (χ4v) is 2.08. The summed E-state index contributed by atoms with van der Waals surface area (Å²) in [7, 11) is 0. The summed E-state index contributed by atoms with van der Waals surface area (Å²) in [5.74, 6) is 0.